The SMILES string of the molecule is CC#CCNCc1cc(Cl)c(OCC(N)=O)c(OC)c1. The van der Waals surface area contributed by atoms with Gasteiger partial charge in [0, 0.05) is 6.54 Å². The van der Waals surface area contributed by atoms with Crippen molar-refractivity contribution in [3.8, 4) is 23.3 Å². The number of carbonyl (C=O) groups excluding carboxylic acids is 1. The zero-order valence-electron chi connectivity index (χ0n) is 11.5. The van der Waals surface area contributed by atoms with E-state index in [2.05, 4.69) is 17.2 Å². The number of nitrogens with two attached hydrogens (primary N) is 1. The van der Waals surface area contributed by atoms with E-state index < -0.39 is 5.91 Å². The number of hydrogen-bond acceptors (Lipinski definition) is 4. The van der Waals surface area contributed by atoms with Crippen molar-refractivity contribution in [2.75, 3.05) is 20.3 Å². The highest BCUT2D eigenvalue weighted by atomic mass is 35.5. The molecular formula is C14H17ClN2O3. The minimum absolute atomic E-state index is 0.250. The smallest absolute Gasteiger partial charge is 0.255 e. The van der Waals surface area contributed by atoms with E-state index in [0.717, 1.165) is 5.56 Å². The maximum atomic E-state index is 10.7. The Kier molecular flexibility index (Phi) is 6.71. The minimum atomic E-state index is -0.577. The molecule has 20 heavy (non-hydrogen) atoms. The van der Waals surface area contributed by atoms with Crippen molar-refractivity contribution < 1.29 is 14.3 Å². The van der Waals surface area contributed by atoms with Gasteiger partial charge in [-0.05, 0) is 24.6 Å². The molecule has 0 radical (unpaired) electrons. The zero-order valence-corrected chi connectivity index (χ0v) is 12.2. The summed E-state index contributed by atoms with van der Waals surface area (Å²) < 4.78 is 10.5. The third-order valence-electron chi connectivity index (χ3n) is 2.37. The van der Waals surface area contributed by atoms with Crippen molar-refractivity contribution in [3.05, 3.63) is 22.7 Å². The van der Waals surface area contributed by atoms with Crippen LogP contribution in [0.3, 0.4) is 0 Å². The normalized spacial score (nSPS) is 9.55. The number of amides is 1. The monoisotopic (exact) mass is 296 g/mol. The van der Waals surface area contributed by atoms with Crippen LogP contribution < -0.4 is 20.5 Å². The molecule has 0 bridgehead atoms. The summed E-state index contributed by atoms with van der Waals surface area (Å²) in [4.78, 5) is 10.7. The van der Waals surface area contributed by atoms with Gasteiger partial charge < -0.3 is 20.5 Å². The van der Waals surface area contributed by atoms with Gasteiger partial charge in [-0.25, -0.2) is 0 Å². The molecule has 1 rings (SSSR count). The quantitative estimate of drug-likeness (QED) is 0.588. The molecule has 0 atom stereocenters. The van der Waals surface area contributed by atoms with E-state index in [-0.39, 0.29) is 6.61 Å². The molecule has 0 fully saturated rings. The predicted molar refractivity (Wildman–Crippen MR) is 77.9 cm³/mol. The highest BCUT2D eigenvalue weighted by molar-refractivity contribution is 6.32. The summed E-state index contributed by atoms with van der Waals surface area (Å²) in [5.41, 5.74) is 5.96. The van der Waals surface area contributed by atoms with Gasteiger partial charge in [0.2, 0.25) is 0 Å². The van der Waals surface area contributed by atoms with Crippen LogP contribution in [-0.4, -0.2) is 26.2 Å². The molecule has 0 heterocycles. The van der Waals surface area contributed by atoms with Crippen molar-refractivity contribution in [3.63, 3.8) is 0 Å². The Balaban J connectivity index is 2.82. The Morgan fingerprint density at radius 3 is 2.85 bits per heavy atom. The number of hydrogen-bond donors (Lipinski definition) is 2. The first kappa shape index (κ1) is 16.2. The Bertz CT molecular complexity index is 535. The van der Waals surface area contributed by atoms with E-state index in [1.54, 1.807) is 19.1 Å². The van der Waals surface area contributed by atoms with Gasteiger partial charge >= 0.3 is 0 Å². The number of halogens is 1. The van der Waals surface area contributed by atoms with E-state index in [1.165, 1.54) is 7.11 Å². The molecule has 0 saturated carbocycles. The number of primary amides is 1. The summed E-state index contributed by atoms with van der Waals surface area (Å²) in [5, 5.41) is 3.51. The number of rotatable bonds is 7. The Hall–Kier alpha value is -1.90. The van der Waals surface area contributed by atoms with Crippen LogP contribution in [0.4, 0.5) is 0 Å². The van der Waals surface area contributed by atoms with Crippen molar-refractivity contribution in [2.45, 2.75) is 13.5 Å². The van der Waals surface area contributed by atoms with Gasteiger partial charge in [0.1, 0.15) is 0 Å². The lowest BCUT2D eigenvalue weighted by Gasteiger charge is -2.13. The van der Waals surface area contributed by atoms with E-state index >= 15 is 0 Å². The van der Waals surface area contributed by atoms with Gasteiger partial charge in [0.15, 0.2) is 18.1 Å². The molecule has 0 aliphatic carbocycles. The molecule has 0 aliphatic rings. The van der Waals surface area contributed by atoms with Gasteiger partial charge in [-0.1, -0.05) is 17.5 Å². The molecule has 0 spiro atoms. The van der Waals surface area contributed by atoms with E-state index in [9.17, 15) is 4.79 Å². The van der Waals surface area contributed by atoms with Crippen LogP contribution in [0, 0.1) is 11.8 Å². The third-order valence-corrected chi connectivity index (χ3v) is 2.65. The van der Waals surface area contributed by atoms with Crippen LogP contribution in [0.15, 0.2) is 12.1 Å². The predicted octanol–water partition coefficient (Wildman–Crippen LogP) is 1.33. The maximum absolute atomic E-state index is 10.7. The highest BCUT2D eigenvalue weighted by Gasteiger charge is 2.12. The van der Waals surface area contributed by atoms with Gasteiger partial charge in [0.25, 0.3) is 5.91 Å². The summed E-state index contributed by atoms with van der Waals surface area (Å²) in [6.45, 7) is 2.73. The number of carbonyl (C=O) groups is 1. The number of ether oxygens (including phenoxy) is 2. The van der Waals surface area contributed by atoms with Crippen molar-refractivity contribution >= 4 is 17.5 Å². The fourth-order valence-electron chi connectivity index (χ4n) is 1.52. The summed E-state index contributed by atoms with van der Waals surface area (Å²) in [7, 11) is 1.50. The first-order valence-corrected chi connectivity index (χ1v) is 6.34. The van der Waals surface area contributed by atoms with Crippen LogP contribution >= 0.6 is 11.6 Å². The zero-order chi connectivity index (χ0) is 15.0. The molecule has 108 valence electrons. The Morgan fingerprint density at radius 2 is 2.25 bits per heavy atom. The second-order valence-corrected chi connectivity index (χ2v) is 4.30. The third kappa shape index (κ3) is 5.00. The van der Waals surface area contributed by atoms with Gasteiger partial charge in [-0.15, -0.1) is 5.92 Å². The van der Waals surface area contributed by atoms with Crippen molar-refractivity contribution in [1.82, 2.24) is 5.32 Å². The number of methoxy groups -OCH3 is 1. The molecule has 0 saturated heterocycles. The molecular weight excluding hydrogens is 280 g/mol. The average molecular weight is 297 g/mol. The van der Waals surface area contributed by atoms with E-state index in [1.807, 2.05) is 0 Å². The average Bonchev–Trinajstić information content (AvgIpc) is 2.41. The molecule has 5 nitrogen and oxygen atoms in total. The molecule has 1 aromatic rings. The summed E-state index contributed by atoms with van der Waals surface area (Å²) >= 11 is 6.12. The lowest BCUT2D eigenvalue weighted by Crippen LogP contribution is -2.20. The van der Waals surface area contributed by atoms with Crippen LogP contribution in [0.25, 0.3) is 0 Å². The van der Waals surface area contributed by atoms with E-state index in [4.69, 9.17) is 26.8 Å². The number of benzene rings is 1. The van der Waals surface area contributed by atoms with E-state index in [0.29, 0.717) is 29.6 Å². The fraction of sp³-hybridized carbons (Fsp3) is 0.357. The van der Waals surface area contributed by atoms with Crippen LogP contribution in [0.1, 0.15) is 12.5 Å². The maximum Gasteiger partial charge on any atom is 0.255 e. The second-order valence-electron chi connectivity index (χ2n) is 3.89. The second kappa shape index (κ2) is 8.31. The van der Waals surface area contributed by atoms with Crippen molar-refractivity contribution in [2.24, 2.45) is 5.73 Å². The van der Waals surface area contributed by atoms with Gasteiger partial charge in [-0.2, -0.15) is 0 Å². The Labute approximate surface area is 123 Å². The summed E-state index contributed by atoms with van der Waals surface area (Å²) in [5.74, 6) is 5.89. The van der Waals surface area contributed by atoms with Crippen LogP contribution in [-0.2, 0) is 11.3 Å². The summed E-state index contributed by atoms with van der Waals surface area (Å²) in [6.07, 6.45) is 0. The van der Waals surface area contributed by atoms with Gasteiger partial charge in [-0.3, -0.25) is 4.79 Å². The lowest BCUT2D eigenvalue weighted by atomic mass is 10.2. The standard InChI is InChI=1S/C14H17ClN2O3/c1-3-4-5-17-8-10-6-11(15)14(12(7-10)19-2)20-9-13(16)18/h6-7,17H,5,8-9H2,1-2H3,(H2,16,18). The first-order valence-electron chi connectivity index (χ1n) is 5.96. The molecule has 0 unspecified atom stereocenters. The molecule has 1 aromatic carbocycles. The first-order chi connectivity index (χ1) is 9.58. The van der Waals surface area contributed by atoms with Crippen LogP contribution in [0.2, 0.25) is 5.02 Å². The molecule has 6 heteroatoms. The lowest BCUT2D eigenvalue weighted by molar-refractivity contribution is -0.119. The molecule has 3 N–H and O–H groups in total. The summed E-state index contributed by atoms with van der Waals surface area (Å²) in [6, 6.07) is 3.53. The van der Waals surface area contributed by atoms with Crippen LogP contribution in [0.5, 0.6) is 11.5 Å². The van der Waals surface area contributed by atoms with Crippen molar-refractivity contribution in [1.29, 1.82) is 0 Å². The molecule has 0 aliphatic heterocycles. The minimum Gasteiger partial charge on any atom is -0.493 e. The van der Waals surface area contributed by atoms with Gasteiger partial charge in [0.05, 0.1) is 18.7 Å². The Morgan fingerprint density at radius 1 is 1.50 bits per heavy atom. The highest BCUT2D eigenvalue weighted by Crippen LogP contribution is 2.36. The topological polar surface area (TPSA) is 73.6 Å². The molecule has 1 amide bonds. The molecule has 0 aromatic heterocycles. The fourth-order valence-corrected chi connectivity index (χ4v) is 1.80. The largest absolute Gasteiger partial charge is 0.493 e. The number of nitrogens with one attached hydrogen (secondary N) is 1.